The van der Waals surface area contributed by atoms with Crippen LogP contribution in [0.5, 0.6) is 0 Å². The van der Waals surface area contributed by atoms with Crippen LogP contribution in [-0.4, -0.2) is 6.17 Å². The molecule has 0 N–H and O–H groups in total. The second-order valence-electron chi connectivity index (χ2n) is 5.25. The zero-order chi connectivity index (χ0) is 11.5. The lowest BCUT2D eigenvalue weighted by molar-refractivity contribution is 0.179. The molecule has 1 rings (SSSR count). The van der Waals surface area contributed by atoms with E-state index < -0.39 is 6.17 Å². The number of allylic oxidation sites excluding steroid dienone is 2. The van der Waals surface area contributed by atoms with E-state index in [2.05, 4.69) is 26.8 Å². The molecule has 0 unspecified atom stereocenters. The summed E-state index contributed by atoms with van der Waals surface area (Å²) in [4.78, 5) is 0. The minimum absolute atomic E-state index is 0.159. The zero-order valence-corrected chi connectivity index (χ0v) is 10.6. The summed E-state index contributed by atoms with van der Waals surface area (Å²) >= 11 is 0. The molecule has 0 aromatic carbocycles. The second-order valence-corrected chi connectivity index (χ2v) is 5.25. The first-order chi connectivity index (χ1) is 7.03. The van der Waals surface area contributed by atoms with Crippen molar-refractivity contribution in [3.63, 3.8) is 0 Å². The monoisotopic (exact) mass is 212 g/mol. The maximum Gasteiger partial charge on any atom is 0.101 e. The van der Waals surface area contributed by atoms with Gasteiger partial charge in [0.25, 0.3) is 0 Å². The van der Waals surface area contributed by atoms with Crippen molar-refractivity contribution < 1.29 is 4.39 Å². The molecule has 0 aliphatic heterocycles. The Kier molecular flexibility index (Phi) is 4.36. The van der Waals surface area contributed by atoms with Gasteiger partial charge in [0.05, 0.1) is 0 Å². The molecule has 0 heterocycles. The van der Waals surface area contributed by atoms with Crippen LogP contribution >= 0.6 is 0 Å². The number of alkyl halides is 1. The van der Waals surface area contributed by atoms with Gasteiger partial charge in [0.1, 0.15) is 6.17 Å². The third-order valence-electron chi connectivity index (χ3n) is 4.16. The van der Waals surface area contributed by atoms with Gasteiger partial charge in [-0.3, -0.25) is 0 Å². The molecule has 0 nitrogen and oxygen atoms in total. The molecule has 0 amide bonds. The highest BCUT2D eigenvalue weighted by Gasteiger charge is 2.32. The van der Waals surface area contributed by atoms with Gasteiger partial charge in [-0.2, -0.15) is 0 Å². The van der Waals surface area contributed by atoms with Gasteiger partial charge < -0.3 is 0 Å². The lowest BCUT2D eigenvalue weighted by Gasteiger charge is -2.37. The van der Waals surface area contributed by atoms with Crippen molar-refractivity contribution in [2.45, 2.75) is 66.0 Å². The van der Waals surface area contributed by atoms with Crippen LogP contribution in [0.15, 0.2) is 11.6 Å². The fourth-order valence-corrected chi connectivity index (χ4v) is 2.60. The first-order valence-electron chi connectivity index (χ1n) is 6.36. The summed E-state index contributed by atoms with van der Waals surface area (Å²) in [6.45, 7) is 8.61. The van der Waals surface area contributed by atoms with Crippen molar-refractivity contribution in [2.24, 2.45) is 11.3 Å². The fraction of sp³-hybridized carbons (Fsp3) is 0.857. The molecule has 0 radical (unpaired) electrons. The lowest BCUT2D eigenvalue weighted by atomic mass is 9.69. The Morgan fingerprint density at radius 3 is 2.67 bits per heavy atom. The molecule has 0 saturated heterocycles. The smallest absolute Gasteiger partial charge is 0.101 e. The zero-order valence-electron chi connectivity index (χ0n) is 10.6. The predicted molar refractivity (Wildman–Crippen MR) is 64.7 cm³/mol. The lowest BCUT2D eigenvalue weighted by Crippen LogP contribution is -2.27. The first-order valence-corrected chi connectivity index (χ1v) is 6.36. The molecule has 1 heteroatoms. The third-order valence-corrected chi connectivity index (χ3v) is 4.16. The number of hydrogen-bond donors (Lipinski definition) is 0. The summed E-state index contributed by atoms with van der Waals surface area (Å²) < 4.78 is 13.5. The Balaban J connectivity index is 2.77. The summed E-state index contributed by atoms with van der Waals surface area (Å²) in [5, 5.41) is 0. The van der Waals surface area contributed by atoms with E-state index in [0.29, 0.717) is 12.3 Å². The molecular weight excluding hydrogens is 187 g/mol. The summed E-state index contributed by atoms with van der Waals surface area (Å²) in [6, 6.07) is 0. The van der Waals surface area contributed by atoms with Crippen LogP contribution in [0.2, 0.25) is 0 Å². The second kappa shape index (κ2) is 5.14. The standard InChI is InChI=1S/C14H25F/c1-5-13(15)10-14(6-2)8-7-11(3)12(4)9-14/h9,11,13H,5-8,10H2,1-4H3/t11-,13+,14+/m0/s1. The van der Waals surface area contributed by atoms with Crippen molar-refractivity contribution >= 4 is 0 Å². The largest absolute Gasteiger partial charge is 0.247 e. The molecule has 0 spiro atoms. The van der Waals surface area contributed by atoms with Gasteiger partial charge in [-0.1, -0.05) is 32.4 Å². The van der Waals surface area contributed by atoms with Crippen LogP contribution in [0.3, 0.4) is 0 Å². The summed E-state index contributed by atoms with van der Waals surface area (Å²) in [6.07, 6.45) is 6.60. The quantitative estimate of drug-likeness (QED) is 0.582. The van der Waals surface area contributed by atoms with Crippen LogP contribution in [-0.2, 0) is 0 Å². The minimum atomic E-state index is -0.623. The normalized spacial score (nSPS) is 33.7. The third kappa shape index (κ3) is 3.06. The molecule has 0 aromatic heterocycles. The van der Waals surface area contributed by atoms with Crippen LogP contribution in [0.25, 0.3) is 0 Å². The van der Waals surface area contributed by atoms with Crippen LogP contribution < -0.4 is 0 Å². The topological polar surface area (TPSA) is 0 Å². The fourth-order valence-electron chi connectivity index (χ4n) is 2.60. The maximum atomic E-state index is 13.5. The average molecular weight is 212 g/mol. The van der Waals surface area contributed by atoms with Crippen LogP contribution in [0, 0.1) is 11.3 Å². The van der Waals surface area contributed by atoms with E-state index in [9.17, 15) is 4.39 Å². The first kappa shape index (κ1) is 12.7. The number of hydrogen-bond acceptors (Lipinski definition) is 0. The van der Waals surface area contributed by atoms with Crippen molar-refractivity contribution in [3.05, 3.63) is 11.6 Å². The van der Waals surface area contributed by atoms with E-state index in [1.54, 1.807) is 0 Å². The molecular formula is C14H25F. The van der Waals surface area contributed by atoms with E-state index in [1.165, 1.54) is 18.4 Å². The molecule has 0 aromatic rings. The van der Waals surface area contributed by atoms with Crippen LogP contribution in [0.1, 0.15) is 59.8 Å². The maximum absolute atomic E-state index is 13.5. The molecule has 0 saturated carbocycles. The summed E-state index contributed by atoms with van der Waals surface area (Å²) in [7, 11) is 0. The SMILES string of the molecule is CC[C@@H](F)C[C@@]1(CC)C=C(C)[C@@H](C)CC1. The average Bonchev–Trinajstić information content (AvgIpc) is 2.23. The van der Waals surface area contributed by atoms with E-state index in [0.717, 1.165) is 12.8 Å². The Morgan fingerprint density at radius 2 is 2.20 bits per heavy atom. The summed E-state index contributed by atoms with van der Waals surface area (Å²) in [5.74, 6) is 0.698. The van der Waals surface area contributed by atoms with E-state index in [4.69, 9.17) is 0 Å². The molecule has 0 fully saturated rings. The minimum Gasteiger partial charge on any atom is -0.247 e. The van der Waals surface area contributed by atoms with E-state index in [-0.39, 0.29) is 5.41 Å². The van der Waals surface area contributed by atoms with Gasteiger partial charge in [-0.05, 0) is 50.4 Å². The summed E-state index contributed by atoms with van der Waals surface area (Å²) in [5.41, 5.74) is 1.62. The predicted octanol–water partition coefficient (Wildman–Crippen LogP) is 4.90. The van der Waals surface area contributed by atoms with E-state index in [1.807, 2.05) is 6.92 Å². The van der Waals surface area contributed by atoms with Gasteiger partial charge in [0, 0.05) is 0 Å². The van der Waals surface area contributed by atoms with Crippen molar-refractivity contribution in [3.8, 4) is 0 Å². The van der Waals surface area contributed by atoms with Gasteiger partial charge in [0.15, 0.2) is 0 Å². The highest BCUT2D eigenvalue weighted by atomic mass is 19.1. The van der Waals surface area contributed by atoms with Crippen molar-refractivity contribution in [2.75, 3.05) is 0 Å². The highest BCUT2D eigenvalue weighted by molar-refractivity contribution is 5.14. The Labute approximate surface area is 94.0 Å². The molecule has 15 heavy (non-hydrogen) atoms. The Bertz CT molecular complexity index is 231. The van der Waals surface area contributed by atoms with Crippen LogP contribution in [0.4, 0.5) is 4.39 Å². The van der Waals surface area contributed by atoms with Crippen molar-refractivity contribution in [1.29, 1.82) is 0 Å². The Hall–Kier alpha value is -0.330. The number of rotatable bonds is 4. The molecule has 3 atom stereocenters. The molecule has 88 valence electrons. The molecule has 0 bridgehead atoms. The number of halogens is 1. The van der Waals surface area contributed by atoms with Gasteiger partial charge >= 0.3 is 0 Å². The van der Waals surface area contributed by atoms with Gasteiger partial charge in [-0.15, -0.1) is 0 Å². The van der Waals surface area contributed by atoms with Crippen molar-refractivity contribution in [1.82, 2.24) is 0 Å². The van der Waals surface area contributed by atoms with Gasteiger partial charge in [0.2, 0.25) is 0 Å². The molecule has 1 aliphatic rings. The highest BCUT2D eigenvalue weighted by Crippen LogP contribution is 2.43. The Morgan fingerprint density at radius 1 is 1.53 bits per heavy atom. The van der Waals surface area contributed by atoms with Gasteiger partial charge in [-0.25, -0.2) is 4.39 Å². The van der Waals surface area contributed by atoms with E-state index >= 15 is 0 Å². The molecule has 1 aliphatic carbocycles.